The minimum absolute atomic E-state index is 0.00215. The zero-order valence-electron chi connectivity index (χ0n) is 15.7. The van der Waals surface area contributed by atoms with Gasteiger partial charge in [0.05, 0.1) is 11.6 Å². The Hall–Kier alpha value is -3.66. The molecule has 146 valence electrons. The number of carbonyl (C=O) groups excluding carboxylic acids is 3. The number of nitriles is 1. The average molecular weight is 389 g/mol. The number of esters is 1. The van der Waals surface area contributed by atoms with Crippen molar-refractivity contribution >= 4 is 17.9 Å². The SMILES string of the molecule is N#Cc1ccc(COC(=O)CN2C(=O)N[C@]3(CCCc4ccccc43)C2=O)cc1. The molecule has 2 aromatic rings. The van der Waals surface area contributed by atoms with Crippen LogP contribution in [0, 0.1) is 11.3 Å². The van der Waals surface area contributed by atoms with Gasteiger partial charge in [-0.15, -0.1) is 0 Å². The number of carbonyl (C=O) groups is 3. The molecule has 4 rings (SSSR count). The molecule has 2 aromatic carbocycles. The topological polar surface area (TPSA) is 99.5 Å². The summed E-state index contributed by atoms with van der Waals surface area (Å²) < 4.78 is 5.21. The molecule has 1 spiro atoms. The van der Waals surface area contributed by atoms with Crippen molar-refractivity contribution in [1.82, 2.24) is 10.2 Å². The molecule has 1 heterocycles. The molecule has 0 radical (unpaired) electrons. The number of benzene rings is 2. The predicted molar refractivity (Wildman–Crippen MR) is 102 cm³/mol. The number of fused-ring (bicyclic) bond motifs is 2. The summed E-state index contributed by atoms with van der Waals surface area (Å²) in [6.07, 6.45) is 2.14. The van der Waals surface area contributed by atoms with Crippen molar-refractivity contribution in [1.29, 1.82) is 5.26 Å². The minimum Gasteiger partial charge on any atom is -0.459 e. The van der Waals surface area contributed by atoms with Crippen molar-refractivity contribution in [2.24, 2.45) is 0 Å². The van der Waals surface area contributed by atoms with Gasteiger partial charge in [-0.1, -0.05) is 36.4 Å². The van der Waals surface area contributed by atoms with Crippen molar-refractivity contribution in [2.75, 3.05) is 6.54 Å². The third kappa shape index (κ3) is 3.34. The highest BCUT2D eigenvalue weighted by atomic mass is 16.5. The summed E-state index contributed by atoms with van der Waals surface area (Å²) in [5.41, 5.74) is 1.97. The van der Waals surface area contributed by atoms with Gasteiger partial charge in [0.25, 0.3) is 5.91 Å². The van der Waals surface area contributed by atoms with E-state index in [0.29, 0.717) is 17.5 Å². The minimum atomic E-state index is -1.10. The van der Waals surface area contributed by atoms with E-state index in [4.69, 9.17) is 10.00 Å². The highest BCUT2D eigenvalue weighted by Crippen LogP contribution is 2.39. The van der Waals surface area contributed by atoms with E-state index in [1.54, 1.807) is 24.3 Å². The lowest BCUT2D eigenvalue weighted by Crippen LogP contribution is -2.46. The number of urea groups is 1. The molecular weight excluding hydrogens is 370 g/mol. The first-order valence-electron chi connectivity index (χ1n) is 9.41. The van der Waals surface area contributed by atoms with Gasteiger partial charge in [0.15, 0.2) is 0 Å². The average Bonchev–Trinajstić information content (AvgIpc) is 2.97. The molecule has 1 N–H and O–H groups in total. The zero-order valence-corrected chi connectivity index (χ0v) is 15.7. The van der Waals surface area contributed by atoms with Gasteiger partial charge >= 0.3 is 12.0 Å². The van der Waals surface area contributed by atoms with Crippen LogP contribution >= 0.6 is 0 Å². The Morgan fingerprint density at radius 3 is 2.69 bits per heavy atom. The van der Waals surface area contributed by atoms with E-state index in [1.807, 2.05) is 30.3 Å². The summed E-state index contributed by atoms with van der Waals surface area (Å²) in [7, 11) is 0. The van der Waals surface area contributed by atoms with E-state index in [0.717, 1.165) is 28.9 Å². The highest BCUT2D eigenvalue weighted by Gasteiger charge is 2.54. The standard InChI is InChI=1S/C22H19N3O4/c23-12-15-7-9-16(10-8-15)14-29-19(26)13-25-20(27)22(24-21(25)28)11-3-5-17-4-1-2-6-18(17)22/h1-2,4,6-10H,3,5,11,13-14H2,(H,24,28)/t22-/m0/s1. The Labute approximate surface area is 167 Å². The fourth-order valence-corrected chi connectivity index (χ4v) is 3.97. The van der Waals surface area contributed by atoms with Crippen molar-refractivity contribution in [3.05, 3.63) is 70.8 Å². The first kappa shape index (κ1) is 18.7. The molecule has 0 saturated carbocycles. The Morgan fingerprint density at radius 2 is 1.93 bits per heavy atom. The van der Waals surface area contributed by atoms with Gasteiger partial charge in [0.1, 0.15) is 18.7 Å². The maximum absolute atomic E-state index is 13.1. The smallest absolute Gasteiger partial charge is 0.326 e. The van der Waals surface area contributed by atoms with E-state index in [2.05, 4.69) is 5.32 Å². The lowest BCUT2D eigenvalue weighted by atomic mass is 9.76. The van der Waals surface area contributed by atoms with Crippen molar-refractivity contribution in [2.45, 2.75) is 31.4 Å². The molecule has 2 aliphatic rings. The van der Waals surface area contributed by atoms with Gasteiger partial charge < -0.3 is 10.1 Å². The van der Waals surface area contributed by atoms with Crippen LogP contribution in [0.2, 0.25) is 0 Å². The number of nitrogens with zero attached hydrogens (tertiary/aromatic N) is 2. The van der Waals surface area contributed by atoms with Crippen LogP contribution in [0.15, 0.2) is 48.5 Å². The number of imide groups is 1. The summed E-state index contributed by atoms with van der Waals surface area (Å²) in [5.74, 6) is -1.08. The lowest BCUT2D eigenvalue weighted by molar-refractivity contribution is -0.149. The molecule has 1 atom stereocenters. The Balaban J connectivity index is 1.45. The van der Waals surface area contributed by atoms with Crippen LogP contribution in [-0.2, 0) is 32.9 Å². The second-order valence-corrected chi connectivity index (χ2v) is 7.21. The molecule has 29 heavy (non-hydrogen) atoms. The van der Waals surface area contributed by atoms with Crippen LogP contribution in [0.3, 0.4) is 0 Å². The van der Waals surface area contributed by atoms with Crippen molar-refractivity contribution in [3.63, 3.8) is 0 Å². The monoisotopic (exact) mass is 389 g/mol. The molecule has 0 aromatic heterocycles. The third-order valence-corrected chi connectivity index (χ3v) is 5.42. The van der Waals surface area contributed by atoms with Gasteiger partial charge in [0, 0.05) is 0 Å². The maximum Gasteiger partial charge on any atom is 0.326 e. The number of rotatable bonds is 4. The molecule has 3 amide bonds. The van der Waals surface area contributed by atoms with Gasteiger partial charge in [-0.05, 0) is 48.1 Å². The number of hydrogen-bond donors (Lipinski definition) is 1. The van der Waals surface area contributed by atoms with E-state index >= 15 is 0 Å². The first-order valence-corrected chi connectivity index (χ1v) is 9.41. The van der Waals surface area contributed by atoms with Crippen LogP contribution in [0.4, 0.5) is 4.79 Å². The highest BCUT2D eigenvalue weighted by molar-refractivity contribution is 6.09. The van der Waals surface area contributed by atoms with Crippen molar-refractivity contribution in [3.8, 4) is 6.07 Å². The van der Waals surface area contributed by atoms with Crippen molar-refractivity contribution < 1.29 is 19.1 Å². The van der Waals surface area contributed by atoms with E-state index in [-0.39, 0.29) is 6.61 Å². The first-order chi connectivity index (χ1) is 14.0. The van der Waals surface area contributed by atoms with Gasteiger partial charge in [-0.25, -0.2) is 4.79 Å². The second kappa shape index (κ2) is 7.40. The number of ether oxygens (including phenoxy) is 1. The van der Waals surface area contributed by atoms with E-state index in [9.17, 15) is 14.4 Å². The Bertz CT molecular complexity index is 1030. The summed E-state index contributed by atoms with van der Waals surface area (Å²) in [5, 5.41) is 11.6. The molecule has 0 bridgehead atoms. The molecule has 1 fully saturated rings. The van der Waals surface area contributed by atoms with Crippen LogP contribution in [0.25, 0.3) is 0 Å². The Kier molecular flexibility index (Phi) is 4.77. The normalized spacial score (nSPS) is 20.2. The van der Waals surface area contributed by atoms with E-state index < -0.39 is 30.0 Å². The summed E-state index contributed by atoms with van der Waals surface area (Å²) >= 11 is 0. The number of amides is 3. The number of aryl methyl sites for hydroxylation is 1. The van der Waals surface area contributed by atoms with Gasteiger partial charge in [-0.2, -0.15) is 5.26 Å². The number of hydrogen-bond acceptors (Lipinski definition) is 5. The molecule has 1 aliphatic carbocycles. The largest absolute Gasteiger partial charge is 0.459 e. The van der Waals surface area contributed by atoms with E-state index in [1.165, 1.54) is 0 Å². The van der Waals surface area contributed by atoms with Crippen LogP contribution in [-0.4, -0.2) is 29.4 Å². The van der Waals surface area contributed by atoms with Gasteiger partial charge in [-0.3, -0.25) is 14.5 Å². The van der Waals surface area contributed by atoms with Gasteiger partial charge in [0.2, 0.25) is 0 Å². The Morgan fingerprint density at radius 1 is 1.17 bits per heavy atom. The van der Waals surface area contributed by atoms with Crippen LogP contribution < -0.4 is 5.32 Å². The summed E-state index contributed by atoms with van der Waals surface area (Å²) in [4.78, 5) is 38.8. The molecule has 7 nitrogen and oxygen atoms in total. The molecule has 0 unspecified atom stereocenters. The summed E-state index contributed by atoms with van der Waals surface area (Å²) in [6.45, 7) is -0.437. The predicted octanol–water partition coefficient (Wildman–Crippen LogP) is 2.39. The molecule has 7 heteroatoms. The molecular formula is C22H19N3O4. The third-order valence-electron chi connectivity index (χ3n) is 5.42. The lowest BCUT2D eigenvalue weighted by Gasteiger charge is -2.33. The maximum atomic E-state index is 13.1. The summed E-state index contributed by atoms with van der Waals surface area (Å²) in [6, 6.07) is 15.7. The fraction of sp³-hybridized carbons (Fsp3) is 0.273. The molecule has 1 aliphatic heterocycles. The fourth-order valence-electron chi connectivity index (χ4n) is 3.97. The molecule has 1 saturated heterocycles. The zero-order chi connectivity index (χ0) is 20.4. The quantitative estimate of drug-likeness (QED) is 0.639. The second-order valence-electron chi connectivity index (χ2n) is 7.21. The van der Waals surface area contributed by atoms with Crippen LogP contribution in [0.5, 0.6) is 0 Å². The van der Waals surface area contributed by atoms with Crippen LogP contribution in [0.1, 0.15) is 35.1 Å². The number of nitrogens with one attached hydrogen (secondary N) is 1.